The molecule has 0 unspecified atom stereocenters. The lowest BCUT2D eigenvalue weighted by Crippen LogP contribution is -2.26. The Hall–Kier alpha value is -3.29. The van der Waals surface area contributed by atoms with Crippen LogP contribution in [0.4, 0.5) is 16.5 Å². The lowest BCUT2D eigenvalue weighted by atomic mass is 10.1. The fourth-order valence-electron chi connectivity index (χ4n) is 2.98. The molecule has 29 heavy (non-hydrogen) atoms. The highest BCUT2D eigenvalue weighted by atomic mass is 35.5. The molecule has 1 aromatic heterocycles. The minimum absolute atomic E-state index is 0.0140. The number of anilines is 2. The van der Waals surface area contributed by atoms with Crippen molar-refractivity contribution in [1.29, 1.82) is 0 Å². The van der Waals surface area contributed by atoms with Gasteiger partial charge in [0.1, 0.15) is 5.56 Å². The van der Waals surface area contributed by atoms with E-state index in [9.17, 15) is 14.9 Å². The van der Waals surface area contributed by atoms with Gasteiger partial charge in [-0.3, -0.25) is 19.8 Å². The van der Waals surface area contributed by atoms with E-state index in [2.05, 4.69) is 4.98 Å². The normalized spacial score (nSPS) is 10.8. The highest BCUT2D eigenvalue weighted by Crippen LogP contribution is 2.36. The molecule has 0 aliphatic carbocycles. The molecular formula is C21H14ClN3O3S. The number of rotatable bonds is 4. The van der Waals surface area contributed by atoms with E-state index in [0.29, 0.717) is 21.4 Å². The van der Waals surface area contributed by atoms with Crippen molar-refractivity contribution in [2.45, 2.75) is 6.92 Å². The zero-order valence-electron chi connectivity index (χ0n) is 15.2. The minimum Gasteiger partial charge on any atom is -0.268 e. The number of benzene rings is 3. The Kier molecular flexibility index (Phi) is 5.00. The molecule has 0 bridgehead atoms. The molecule has 0 saturated carbocycles. The van der Waals surface area contributed by atoms with E-state index in [0.717, 1.165) is 10.2 Å². The van der Waals surface area contributed by atoms with Gasteiger partial charge in [0.2, 0.25) is 0 Å². The molecule has 0 aliphatic rings. The standard InChI is InChI=1S/C21H14ClN3O3S/c1-13-9-10-16(18(11-13)25(27)28)20(26)24(15-6-4-5-14(22)12-15)21-23-17-7-2-3-8-19(17)29-21/h2-12H,1H3. The number of thiazole rings is 1. The fraction of sp³-hybridized carbons (Fsp3) is 0.0476. The Morgan fingerprint density at radius 1 is 1.10 bits per heavy atom. The van der Waals surface area contributed by atoms with Crippen LogP contribution in [-0.4, -0.2) is 15.8 Å². The molecule has 144 valence electrons. The van der Waals surface area contributed by atoms with Crippen molar-refractivity contribution in [3.8, 4) is 0 Å². The summed E-state index contributed by atoms with van der Waals surface area (Å²) >= 11 is 7.47. The van der Waals surface area contributed by atoms with Crippen LogP contribution in [0.3, 0.4) is 0 Å². The molecule has 0 aliphatic heterocycles. The first kappa shape index (κ1) is 19.0. The van der Waals surface area contributed by atoms with E-state index in [4.69, 9.17) is 11.6 Å². The number of nitrogens with zero attached hydrogens (tertiary/aromatic N) is 3. The van der Waals surface area contributed by atoms with Gasteiger partial charge in [-0.05, 0) is 48.9 Å². The molecule has 0 fully saturated rings. The molecule has 0 spiro atoms. The number of carbonyl (C=O) groups excluding carboxylic acids is 1. The summed E-state index contributed by atoms with van der Waals surface area (Å²) in [7, 11) is 0. The molecule has 6 nitrogen and oxygen atoms in total. The Labute approximate surface area is 175 Å². The van der Waals surface area contributed by atoms with E-state index in [-0.39, 0.29) is 11.3 Å². The van der Waals surface area contributed by atoms with Crippen molar-refractivity contribution in [1.82, 2.24) is 4.98 Å². The van der Waals surface area contributed by atoms with Crippen LogP contribution < -0.4 is 4.90 Å². The van der Waals surface area contributed by atoms with E-state index < -0.39 is 10.8 Å². The van der Waals surface area contributed by atoms with Crippen LogP contribution in [0.15, 0.2) is 66.7 Å². The van der Waals surface area contributed by atoms with Crippen LogP contribution in [0.2, 0.25) is 5.02 Å². The summed E-state index contributed by atoms with van der Waals surface area (Å²) in [6.07, 6.45) is 0. The number of para-hydroxylation sites is 1. The third kappa shape index (κ3) is 3.70. The number of carbonyl (C=O) groups is 1. The highest BCUT2D eigenvalue weighted by Gasteiger charge is 2.29. The number of aryl methyl sites for hydroxylation is 1. The predicted molar refractivity (Wildman–Crippen MR) is 115 cm³/mol. The summed E-state index contributed by atoms with van der Waals surface area (Å²) in [5.41, 5.74) is 1.66. The lowest BCUT2D eigenvalue weighted by molar-refractivity contribution is -0.385. The molecule has 4 rings (SSSR count). The van der Waals surface area contributed by atoms with Crippen LogP contribution >= 0.6 is 22.9 Å². The number of nitro benzene ring substituents is 1. The first-order valence-corrected chi connectivity index (χ1v) is 9.84. The quantitative estimate of drug-likeness (QED) is 0.291. The average molecular weight is 424 g/mol. The average Bonchev–Trinajstić information content (AvgIpc) is 3.11. The minimum atomic E-state index is -0.547. The van der Waals surface area contributed by atoms with Gasteiger partial charge in [-0.25, -0.2) is 4.98 Å². The monoisotopic (exact) mass is 423 g/mol. The summed E-state index contributed by atoms with van der Waals surface area (Å²) in [5.74, 6) is -0.543. The number of halogens is 1. The topological polar surface area (TPSA) is 76.3 Å². The number of amides is 1. The zero-order chi connectivity index (χ0) is 20.5. The molecule has 0 N–H and O–H groups in total. The second kappa shape index (κ2) is 7.62. The van der Waals surface area contributed by atoms with Crippen molar-refractivity contribution >= 4 is 55.6 Å². The maximum atomic E-state index is 13.5. The summed E-state index contributed by atoms with van der Waals surface area (Å²) in [5, 5.41) is 12.4. The van der Waals surface area contributed by atoms with Gasteiger partial charge in [-0.15, -0.1) is 0 Å². The van der Waals surface area contributed by atoms with Crippen molar-refractivity contribution in [2.75, 3.05) is 4.90 Å². The maximum Gasteiger partial charge on any atom is 0.282 e. The van der Waals surface area contributed by atoms with Gasteiger partial charge in [-0.2, -0.15) is 0 Å². The van der Waals surface area contributed by atoms with Gasteiger partial charge in [0.05, 0.1) is 20.8 Å². The van der Waals surface area contributed by atoms with Crippen molar-refractivity contribution in [3.05, 3.63) is 93.0 Å². The second-order valence-electron chi connectivity index (χ2n) is 6.36. The molecule has 1 heterocycles. The van der Waals surface area contributed by atoms with Crippen LogP contribution in [0.25, 0.3) is 10.2 Å². The number of hydrogen-bond acceptors (Lipinski definition) is 5. The maximum absolute atomic E-state index is 13.5. The molecule has 0 atom stereocenters. The third-order valence-electron chi connectivity index (χ3n) is 4.32. The Balaban J connectivity index is 1.91. The molecule has 3 aromatic carbocycles. The Morgan fingerprint density at radius 2 is 1.90 bits per heavy atom. The number of hydrogen-bond donors (Lipinski definition) is 0. The summed E-state index contributed by atoms with van der Waals surface area (Å²) in [6.45, 7) is 1.74. The number of fused-ring (bicyclic) bond motifs is 1. The van der Waals surface area contributed by atoms with E-state index in [1.807, 2.05) is 24.3 Å². The highest BCUT2D eigenvalue weighted by molar-refractivity contribution is 7.22. The Bertz CT molecular complexity index is 1220. The molecule has 4 aromatic rings. The van der Waals surface area contributed by atoms with Crippen LogP contribution in [0.1, 0.15) is 15.9 Å². The van der Waals surface area contributed by atoms with Gasteiger partial charge in [0.15, 0.2) is 5.13 Å². The molecule has 0 saturated heterocycles. The van der Waals surface area contributed by atoms with Gasteiger partial charge >= 0.3 is 0 Å². The lowest BCUT2D eigenvalue weighted by Gasteiger charge is -2.20. The first-order chi connectivity index (χ1) is 13.9. The molecule has 8 heteroatoms. The number of nitro groups is 1. The third-order valence-corrected chi connectivity index (χ3v) is 5.58. The van der Waals surface area contributed by atoms with Crippen molar-refractivity contribution in [3.63, 3.8) is 0 Å². The first-order valence-electron chi connectivity index (χ1n) is 8.64. The zero-order valence-corrected chi connectivity index (χ0v) is 16.8. The van der Waals surface area contributed by atoms with Gasteiger partial charge in [0, 0.05) is 11.1 Å². The van der Waals surface area contributed by atoms with Gasteiger partial charge in [-0.1, -0.05) is 47.2 Å². The smallest absolute Gasteiger partial charge is 0.268 e. The van der Waals surface area contributed by atoms with Crippen LogP contribution in [0.5, 0.6) is 0 Å². The Morgan fingerprint density at radius 3 is 2.62 bits per heavy atom. The van der Waals surface area contributed by atoms with E-state index in [1.165, 1.54) is 28.4 Å². The van der Waals surface area contributed by atoms with Crippen LogP contribution in [-0.2, 0) is 0 Å². The number of aromatic nitrogens is 1. The van der Waals surface area contributed by atoms with Crippen LogP contribution in [0, 0.1) is 17.0 Å². The largest absolute Gasteiger partial charge is 0.282 e. The van der Waals surface area contributed by atoms with Crippen molar-refractivity contribution in [2.24, 2.45) is 0 Å². The summed E-state index contributed by atoms with van der Waals surface area (Å²) in [4.78, 5) is 30.5. The van der Waals surface area contributed by atoms with E-state index in [1.54, 1.807) is 37.3 Å². The fourth-order valence-corrected chi connectivity index (χ4v) is 4.15. The van der Waals surface area contributed by atoms with Gasteiger partial charge < -0.3 is 0 Å². The summed E-state index contributed by atoms with van der Waals surface area (Å²) in [6, 6.07) is 18.8. The summed E-state index contributed by atoms with van der Waals surface area (Å²) < 4.78 is 0.903. The molecule has 1 amide bonds. The molecule has 0 radical (unpaired) electrons. The second-order valence-corrected chi connectivity index (χ2v) is 7.81. The van der Waals surface area contributed by atoms with E-state index >= 15 is 0 Å². The van der Waals surface area contributed by atoms with Gasteiger partial charge in [0.25, 0.3) is 11.6 Å². The molecular weight excluding hydrogens is 410 g/mol. The van der Waals surface area contributed by atoms with Crippen molar-refractivity contribution < 1.29 is 9.72 Å². The predicted octanol–water partition coefficient (Wildman–Crippen LogP) is 6.14. The SMILES string of the molecule is Cc1ccc(C(=O)N(c2cccc(Cl)c2)c2nc3ccccc3s2)c([N+](=O)[O-])c1.